The van der Waals surface area contributed by atoms with Crippen molar-refractivity contribution in [3.8, 4) is 0 Å². The fourth-order valence-corrected chi connectivity index (χ4v) is 3.37. The van der Waals surface area contributed by atoms with Crippen molar-refractivity contribution in [3.05, 3.63) is 53.5 Å². The molecule has 0 saturated carbocycles. The van der Waals surface area contributed by atoms with Crippen molar-refractivity contribution in [2.24, 2.45) is 7.05 Å². The van der Waals surface area contributed by atoms with E-state index in [4.69, 9.17) is 4.74 Å². The number of anilines is 1. The second-order valence-electron chi connectivity index (χ2n) is 6.41. The highest BCUT2D eigenvalue weighted by molar-refractivity contribution is 6.05. The Hall–Kier alpha value is -3.35. The summed E-state index contributed by atoms with van der Waals surface area (Å²) in [4.78, 5) is 20.2. The molecule has 0 aliphatic carbocycles. The summed E-state index contributed by atoms with van der Waals surface area (Å²) < 4.78 is 6.93. The van der Waals surface area contributed by atoms with E-state index in [1.165, 1.54) is 0 Å². The average molecular weight is 363 g/mol. The average Bonchev–Trinajstić information content (AvgIpc) is 3.20. The van der Waals surface area contributed by atoms with Gasteiger partial charge in [-0.2, -0.15) is 5.10 Å². The number of ether oxygens (including phenoxy) is 1. The molecular formula is C20H21N5O2. The first-order valence-corrected chi connectivity index (χ1v) is 8.88. The highest BCUT2D eigenvalue weighted by atomic mass is 16.5. The molecule has 0 aliphatic heterocycles. The number of hydrogen-bond donors (Lipinski definition) is 2. The lowest BCUT2D eigenvalue weighted by atomic mass is 10.1. The van der Waals surface area contributed by atoms with Gasteiger partial charge in [-0.3, -0.25) is 4.68 Å². The maximum absolute atomic E-state index is 12.4. The first kappa shape index (κ1) is 17.1. The van der Waals surface area contributed by atoms with Crippen LogP contribution < -0.4 is 5.32 Å². The molecule has 7 heteroatoms. The van der Waals surface area contributed by atoms with Gasteiger partial charge in [0.05, 0.1) is 29.9 Å². The highest BCUT2D eigenvalue weighted by Crippen LogP contribution is 2.29. The van der Waals surface area contributed by atoms with E-state index in [0.29, 0.717) is 24.4 Å². The van der Waals surface area contributed by atoms with Crippen LogP contribution in [0, 0.1) is 6.92 Å². The SMILES string of the molecule is CCOC(=O)c1cnc2c(c(C)nn2C)c1NCc1cc2ccccc2[nH]1. The predicted molar refractivity (Wildman–Crippen MR) is 105 cm³/mol. The molecule has 4 rings (SSSR count). The molecule has 0 saturated heterocycles. The van der Waals surface area contributed by atoms with E-state index < -0.39 is 5.97 Å². The van der Waals surface area contributed by atoms with Gasteiger partial charge in [0.15, 0.2) is 5.65 Å². The van der Waals surface area contributed by atoms with Crippen LogP contribution in [0.4, 0.5) is 5.69 Å². The van der Waals surface area contributed by atoms with Crippen LogP contribution in [0.25, 0.3) is 21.9 Å². The molecule has 0 fully saturated rings. The van der Waals surface area contributed by atoms with Crippen molar-refractivity contribution in [3.63, 3.8) is 0 Å². The topological polar surface area (TPSA) is 84.8 Å². The lowest BCUT2D eigenvalue weighted by Gasteiger charge is -2.12. The summed E-state index contributed by atoms with van der Waals surface area (Å²) in [6, 6.07) is 10.2. The number of pyridine rings is 1. The first-order valence-electron chi connectivity index (χ1n) is 8.88. The van der Waals surface area contributed by atoms with E-state index in [-0.39, 0.29) is 0 Å². The van der Waals surface area contributed by atoms with E-state index >= 15 is 0 Å². The zero-order valence-electron chi connectivity index (χ0n) is 15.5. The van der Waals surface area contributed by atoms with Gasteiger partial charge >= 0.3 is 5.97 Å². The number of para-hydroxylation sites is 1. The Labute approximate surface area is 156 Å². The maximum Gasteiger partial charge on any atom is 0.341 e. The van der Waals surface area contributed by atoms with Gasteiger partial charge in [0.25, 0.3) is 0 Å². The second kappa shape index (κ2) is 6.75. The van der Waals surface area contributed by atoms with Gasteiger partial charge in [-0.15, -0.1) is 0 Å². The van der Waals surface area contributed by atoms with Crippen LogP contribution in [0.2, 0.25) is 0 Å². The fraction of sp³-hybridized carbons (Fsp3) is 0.250. The number of nitrogens with one attached hydrogen (secondary N) is 2. The number of rotatable bonds is 5. The summed E-state index contributed by atoms with van der Waals surface area (Å²) in [6.45, 7) is 4.54. The third kappa shape index (κ3) is 3.01. The van der Waals surface area contributed by atoms with E-state index in [9.17, 15) is 4.79 Å². The molecule has 0 amide bonds. The number of hydrogen-bond acceptors (Lipinski definition) is 5. The van der Waals surface area contributed by atoms with Crippen LogP contribution in [0.1, 0.15) is 28.7 Å². The van der Waals surface area contributed by atoms with Crippen molar-refractivity contribution in [1.29, 1.82) is 0 Å². The van der Waals surface area contributed by atoms with E-state index in [1.807, 2.05) is 32.2 Å². The monoisotopic (exact) mass is 363 g/mol. The number of aryl methyl sites for hydroxylation is 2. The number of carbonyl (C=O) groups is 1. The molecule has 138 valence electrons. The Kier molecular flexibility index (Phi) is 4.27. The largest absolute Gasteiger partial charge is 0.462 e. The molecule has 0 radical (unpaired) electrons. The van der Waals surface area contributed by atoms with Crippen LogP contribution in [0.5, 0.6) is 0 Å². The molecule has 0 bridgehead atoms. The van der Waals surface area contributed by atoms with Crippen LogP contribution in [0.15, 0.2) is 36.5 Å². The number of esters is 1. The van der Waals surface area contributed by atoms with E-state index in [2.05, 4.69) is 32.5 Å². The smallest absolute Gasteiger partial charge is 0.341 e. The summed E-state index contributed by atoms with van der Waals surface area (Å²) in [6.07, 6.45) is 1.55. The minimum Gasteiger partial charge on any atom is -0.462 e. The number of aromatic amines is 1. The number of aromatic nitrogens is 4. The lowest BCUT2D eigenvalue weighted by Crippen LogP contribution is -2.11. The Morgan fingerprint density at radius 2 is 2.15 bits per heavy atom. The predicted octanol–water partition coefficient (Wildman–Crippen LogP) is 3.55. The Bertz CT molecular complexity index is 1110. The molecule has 7 nitrogen and oxygen atoms in total. The highest BCUT2D eigenvalue weighted by Gasteiger charge is 2.20. The fourth-order valence-electron chi connectivity index (χ4n) is 3.37. The van der Waals surface area contributed by atoms with Gasteiger partial charge in [-0.05, 0) is 31.4 Å². The summed E-state index contributed by atoms with van der Waals surface area (Å²) in [5.41, 5.74) is 4.75. The van der Waals surface area contributed by atoms with Crippen molar-refractivity contribution in [2.75, 3.05) is 11.9 Å². The van der Waals surface area contributed by atoms with Crippen LogP contribution in [0.3, 0.4) is 0 Å². The zero-order chi connectivity index (χ0) is 19.0. The van der Waals surface area contributed by atoms with Gasteiger partial charge in [0.2, 0.25) is 0 Å². The molecule has 0 aliphatic rings. The number of benzene rings is 1. The minimum atomic E-state index is -0.394. The van der Waals surface area contributed by atoms with Crippen LogP contribution >= 0.6 is 0 Å². The summed E-state index contributed by atoms with van der Waals surface area (Å²) in [5.74, 6) is -0.394. The maximum atomic E-state index is 12.4. The van der Waals surface area contributed by atoms with Crippen molar-refractivity contribution in [1.82, 2.24) is 19.7 Å². The summed E-state index contributed by atoms with van der Waals surface area (Å²) in [5, 5.41) is 9.83. The molecule has 4 aromatic rings. The standard InChI is InChI=1S/C20H21N5O2/c1-4-27-20(26)15-11-22-19-17(12(2)24-25(19)3)18(15)21-10-14-9-13-7-5-6-8-16(13)23-14/h5-9,11,23H,4,10H2,1-3H3,(H,21,22). The number of fused-ring (bicyclic) bond motifs is 2. The number of nitrogens with zero attached hydrogens (tertiary/aromatic N) is 3. The summed E-state index contributed by atoms with van der Waals surface area (Å²) in [7, 11) is 1.84. The third-order valence-electron chi connectivity index (χ3n) is 4.56. The molecule has 2 N–H and O–H groups in total. The molecule has 0 atom stereocenters. The van der Waals surface area contributed by atoms with E-state index in [0.717, 1.165) is 33.3 Å². The quantitative estimate of drug-likeness (QED) is 0.530. The van der Waals surface area contributed by atoms with Gasteiger partial charge < -0.3 is 15.0 Å². The Morgan fingerprint density at radius 3 is 2.93 bits per heavy atom. The number of H-pyrrole nitrogens is 1. The normalized spacial score (nSPS) is 11.2. The Morgan fingerprint density at radius 1 is 1.33 bits per heavy atom. The minimum absolute atomic E-state index is 0.310. The third-order valence-corrected chi connectivity index (χ3v) is 4.56. The van der Waals surface area contributed by atoms with Crippen LogP contribution in [-0.4, -0.2) is 32.3 Å². The van der Waals surface area contributed by atoms with Gasteiger partial charge in [0, 0.05) is 24.5 Å². The molecular weight excluding hydrogens is 342 g/mol. The summed E-state index contributed by atoms with van der Waals surface area (Å²) >= 11 is 0. The molecule has 0 spiro atoms. The van der Waals surface area contributed by atoms with Crippen molar-refractivity contribution in [2.45, 2.75) is 20.4 Å². The molecule has 27 heavy (non-hydrogen) atoms. The molecule has 3 heterocycles. The molecule has 3 aromatic heterocycles. The van der Waals surface area contributed by atoms with Gasteiger partial charge in [-0.1, -0.05) is 18.2 Å². The number of carbonyl (C=O) groups excluding carboxylic acids is 1. The van der Waals surface area contributed by atoms with Crippen molar-refractivity contribution >= 4 is 33.6 Å². The second-order valence-corrected chi connectivity index (χ2v) is 6.41. The Balaban J connectivity index is 1.75. The van der Waals surface area contributed by atoms with Crippen molar-refractivity contribution < 1.29 is 9.53 Å². The molecule has 0 unspecified atom stereocenters. The van der Waals surface area contributed by atoms with E-state index in [1.54, 1.807) is 17.8 Å². The molecule has 1 aromatic carbocycles. The first-order chi connectivity index (χ1) is 13.1. The van der Waals surface area contributed by atoms with Crippen LogP contribution in [-0.2, 0) is 18.3 Å². The zero-order valence-corrected chi connectivity index (χ0v) is 15.5. The van der Waals surface area contributed by atoms with Gasteiger partial charge in [-0.25, -0.2) is 9.78 Å². The lowest BCUT2D eigenvalue weighted by molar-refractivity contribution is 0.0527. The van der Waals surface area contributed by atoms with Gasteiger partial charge in [0.1, 0.15) is 5.56 Å².